The summed E-state index contributed by atoms with van der Waals surface area (Å²) in [6.07, 6.45) is 3.22. The predicted molar refractivity (Wildman–Crippen MR) is 114 cm³/mol. The summed E-state index contributed by atoms with van der Waals surface area (Å²) in [7, 11) is -3.95. The third-order valence-corrected chi connectivity index (χ3v) is 6.46. The van der Waals surface area contributed by atoms with Crippen LogP contribution in [0.4, 0.5) is 5.69 Å². The first-order valence-electron chi connectivity index (χ1n) is 9.29. The molecule has 156 valence electrons. The van der Waals surface area contributed by atoms with Crippen LogP contribution in [-0.2, 0) is 14.8 Å². The van der Waals surface area contributed by atoms with Crippen molar-refractivity contribution in [3.8, 4) is 0 Å². The van der Waals surface area contributed by atoms with Crippen molar-refractivity contribution in [2.75, 3.05) is 24.5 Å². The Labute approximate surface area is 180 Å². The highest BCUT2D eigenvalue weighted by molar-refractivity contribution is 7.92. The van der Waals surface area contributed by atoms with Gasteiger partial charge in [-0.15, -0.1) is 0 Å². The molecular formula is C20H22Cl2N2O4S. The smallest absolute Gasteiger partial charge is 0.263 e. The number of carbonyl (C=O) groups excluding carboxylic acids is 1. The summed E-state index contributed by atoms with van der Waals surface area (Å²) in [5.74, 6) is 0.437. The highest BCUT2D eigenvalue weighted by Gasteiger charge is 2.21. The molecule has 2 aromatic carbocycles. The van der Waals surface area contributed by atoms with E-state index >= 15 is 0 Å². The molecule has 2 N–H and O–H groups in total. The van der Waals surface area contributed by atoms with E-state index in [-0.39, 0.29) is 26.5 Å². The SMILES string of the molecule is O=C(NCCCOCC1CC1)c1cccc(NS(=O)(=O)c2cc(Cl)ccc2Cl)c1. The molecule has 29 heavy (non-hydrogen) atoms. The molecule has 0 unspecified atom stereocenters. The van der Waals surface area contributed by atoms with Gasteiger partial charge in [0.05, 0.1) is 5.02 Å². The number of amides is 1. The molecule has 0 radical (unpaired) electrons. The van der Waals surface area contributed by atoms with Gasteiger partial charge in [-0.1, -0.05) is 29.3 Å². The zero-order valence-corrected chi connectivity index (χ0v) is 18.0. The van der Waals surface area contributed by atoms with Crippen molar-refractivity contribution >= 4 is 44.8 Å². The minimum Gasteiger partial charge on any atom is -0.381 e. The minimum atomic E-state index is -3.95. The largest absolute Gasteiger partial charge is 0.381 e. The van der Waals surface area contributed by atoms with Crippen LogP contribution >= 0.6 is 23.2 Å². The van der Waals surface area contributed by atoms with Crippen molar-refractivity contribution in [2.45, 2.75) is 24.2 Å². The summed E-state index contributed by atoms with van der Waals surface area (Å²) in [4.78, 5) is 12.2. The number of nitrogens with one attached hydrogen (secondary N) is 2. The van der Waals surface area contributed by atoms with Gasteiger partial charge in [-0.05, 0) is 61.6 Å². The lowest BCUT2D eigenvalue weighted by Gasteiger charge is -2.11. The summed E-state index contributed by atoms with van der Waals surface area (Å²) in [6, 6.07) is 10.4. The average Bonchev–Trinajstić information content (AvgIpc) is 3.50. The Morgan fingerprint density at radius 3 is 2.69 bits per heavy atom. The van der Waals surface area contributed by atoms with Gasteiger partial charge in [0.25, 0.3) is 15.9 Å². The third kappa shape index (κ3) is 6.60. The Bertz CT molecular complexity index is 978. The Hall–Kier alpha value is -1.80. The lowest BCUT2D eigenvalue weighted by atomic mass is 10.2. The maximum absolute atomic E-state index is 12.6. The number of hydrogen-bond acceptors (Lipinski definition) is 4. The maximum atomic E-state index is 12.6. The summed E-state index contributed by atoms with van der Waals surface area (Å²) in [6.45, 7) is 1.89. The zero-order valence-electron chi connectivity index (χ0n) is 15.7. The molecule has 1 saturated carbocycles. The van der Waals surface area contributed by atoms with Crippen LogP contribution in [0.25, 0.3) is 0 Å². The third-order valence-electron chi connectivity index (χ3n) is 4.36. The highest BCUT2D eigenvalue weighted by Crippen LogP contribution is 2.29. The molecule has 2 aromatic rings. The summed E-state index contributed by atoms with van der Waals surface area (Å²) < 4.78 is 33.2. The van der Waals surface area contributed by atoms with Crippen LogP contribution in [0, 0.1) is 5.92 Å². The Balaban J connectivity index is 1.56. The molecule has 1 aliphatic rings. The summed E-state index contributed by atoms with van der Waals surface area (Å²) in [5, 5.41) is 3.12. The van der Waals surface area contributed by atoms with E-state index in [1.165, 1.54) is 37.1 Å². The fourth-order valence-corrected chi connectivity index (χ4v) is 4.44. The number of sulfonamides is 1. The number of ether oxygens (including phenoxy) is 1. The average molecular weight is 457 g/mol. The maximum Gasteiger partial charge on any atom is 0.263 e. The number of benzene rings is 2. The molecule has 9 heteroatoms. The van der Waals surface area contributed by atoms with Crippen LogP contribution in [0.2, 0.25) is 10.0 Å². The van der Waals surface area contributed by atoms with Crippen LogP contribution in [0.1, 0.15) is 29.6 Å². The van der Waals surface area contributed by atoms with Gasteiger partial charge < -0.3 is 10.1 Å². The van der Waals surface area contributed by atoms with Gasteiger partial charge in [-0.3, -0.25) is 9.52 Å². The molecule has 6 nitrogen and oxygen atoms in total. The second-order valence-electron chi connectivity index (χ2n) is 6.89. The normalized spacial score (nSPS) is 13.9. The lowest BCUT2D eigenvalue weighted by Crippen LogP contribution is -2.25. The van der Waals surface area contributed by atoms with Gasteiger partial charge >= 0.3 is 0 Å². The van der Waals surface area contributed by atoms with Gasteiger partial charge in [-0.25, -0.2) is 8.42 Å². The standard InChI is InChI=1S/C20H22Cl2N2O4S/c21-16-7-8-18(22)19(12-16)29(26,27)24-17-4-1-3-15(11-17)20(25)23-9-2-10-28-13-14-5-6-14/h1,3-4,7-8,11-12,14,24H,2,5-6,9-10,13H2,(H,23,25). The van der Waals surface area contributed by atoms with E-state index in [9.17, 15) is 13.2 Å². The summed E-state index contributed by atoms with van der Waals surface area (Å²) >= 11 is 11.9. The van der Waals surface area contributed by atoms with Crippen LogP contribution < -0.4 is 10.0 Å². The molecule has 3 rings (SSSR count). The molecule has 0 atom stereocenters. The van der Waals surface area contributed by atoms with E-state index in [0.29, 0.717) is 18.7 Å². The first-order valence-corrected chi connectivity index (χ1v) is 11.5. The molecule has 1 fully saturated rings. The van der Waals surface area contributed by atoms with Crippen molar-refractivity contribution in [1.29, 1.82) is 0 Å². The minimum absolute atomic E-state index is 0.0553. The molecule has 0 aromatic heterocycles. The Morgan fingerprint density at radius 1 is 1.14 bits per heavy atom. The van der Waals surface area contributed by atoms with Crippen molar-refractivity contribution in [1.82, 2.24) is 5.32 Å². The number of carbonyl (C=O) groups is 1. The van der Waals surface area contributed by atoms with E-state index in [0.717, 1.165) is 18.9 Å². The number of rotatable bonds is 10. The van der Waals surface area contributed by atoms with Gasteiger partial charge in [0.15, 0.2) is 0 Å². The van der Waals surface area contributed by atoms with E-state index in [2.05, 4.69) is 10.0 Å². The van der Waals surface area contributed by atoms with Crippen LogP contribution in [0.15, 0.2) is 47.4 Å². The Kier molecular flexibility index (Phi) is 7.40. The molecule has 0 saturated heterocycles. The molecule has 0 spiro atoms. The van der Waals surface area contributed by atoms with Gasteiger partial charge in [0.2, 0.25) is 0 Å². The van der Waals surface area contributed by atoms with Gasteiger partial charge in [-0.2, -0.15) is 0 Å². The quantitative estimate of drug-likeness (QED) is 0.520. The van der Waals surface area contributed by atoms with Crippen LogP contribution in [0.3, 0.4) is 0 Å². The molecule has 0 bridgehead atoms. The van der Waals surface area contributed by atoms with Crippen molar-refractivity contribution in [3.05, 3.63) is 58.1 Å². The second-order valence-corrected chi connectivity index (χ2v) is 9.38. The summed E-state index contributed by atoms with van der Waals surface area (Å²) in [5.41, 5.74) is 0.600. The van der Waals surface area contributed by atoms with Crippen molar-refractivity contribution < 1.29 is 17.9 Å². The number of anilines is 1. The van der Waals surface area contributed by atoms with E-state index in [4.69, 9.17) is 27.9 Å². The van der Waals surface area contributed by atoms with Gasteiger partial charge in [0, 0.05) is 36.0 Å². The predicted octanol–water partition coefficient (Wildman–Crippen LogP) is 4.34. The van der Waals surface area contributed by atoms with Crippen LogP contribution in [-0.4, -0.2) is 34.1 Å². The fourth-order valence-electron chi connectivity index (χ4n) is 2.63. The monoisotopic (exact) mass is 456 g/mol. The molecule has 1 amide bonds. The molecule has 0 heterocycles. The first kappa shape index (κ1) is 21.9. The lowest BCUT2D eigenvalue weighted by molar-refractivity contribution is 0.0937. The molecule has 1 aliphatic carbocycles. The Morgan fingerprint density at radius 2 is 1.93 bits per heavy atom. The van der Waals surface area contributed by atoms with E-state index < -0.39 is 10.0 Å². The topological polar surface area (TPSA) is 84.5 Å². The second kappa shape index (κ2) is 9.80. The highest BCUT2D eigenvalue weighted by atomic mass is 35.5. The van der Waals surface area contributed by atoms with Gasteiger partial charge in [0.1, 0.15) is 4.90 Å². The van der Waals surface area contributed by atoms with Crippen molar-refractivity contribution in [3.63, 3.8) is 0 Å². The number of hydrogen-bond donors (Lipinski definition) is 2. The van der Waals surface area contributed by atoms with E-state index in [1.807, 2.05) is 0 Å². The van der Waals surface area contributed by atoms with Crippen LogP contribution in [0.5, 0.6) is 0 Å². The zero-order chi connectivity index (χ0) is 20.9. The first-order chi connectivity index (χ1) is 13.8. The van der Waals surface area contributed by atoms with E-state index in [1.54, 1.807) is 18.2 Å². The fraction of sp³-hybridized carbons (Fsp3) is 0.350. The molecular weight excluding hydrogens is 435 g/mol. The van der Waals surface area contributed by atoms with Crippen molar-refractivity contribution in [2.24, 2.45) is 5.92 Å². The molecule has 0 aliphatic heterocycles. The number of halogens is 2.